The molecule has 0 unspecified atom stereocenters. The minimum absolute atomic E-state index is 0.399. The highest BCUT2D eigenvalue weighted by Gasteiger charge is 2.24. The summed E-state index contributed by atoms with van der Waals surface area (Å²) < 4.78 is 0. The van der Waals surface area contributed by atoms with Gasteiger partial charge in [0, 0.05) is 24.3 Å². The zero-order valence-corrected chi connectivity index (χ0v) is 12.1. The molecule has 2 nitrogen and oxygen atoms in total. The van der Waals surface area contributed by atoms with Crippen LogP contribution in [0.4, 0.5) is 0 Å². The fourth-order valence-electron chi connectivity index (χ4n) is 2.42. The lowest BCUT2D eigenvalue weighted by Gasteiger charge is -2.31. The van der Waals surface area contributed by atoms with Gasteiger partial charge >= 0.3 is 0 Å². The summed E-state index contributed by atoms with van der Waals surface area (Å²) in [5.74, 6) is 3.56. The van der Waals surface area contributed by atoms with Crippen molar-refractivity contribution in [2.24, 2.45) is 5.92 Å². The number of halogens is 1. The van der Waals surface area contributed by atoms with Crippen LogP contribution in [0.5, 0.6) is 0 Å². The summed E-state index contributed by atoms with van der Waals surface area (Å²) in [4.78, 5) is 14.8. The number of thioether (sulfide) groups is 1. The van der Waals surface area contributed by atoms with Gasteiger partial charge < -0.3 is 4.90 Å². The number of rotatable bonds is 2. The highest BCUT2D eigenvalue weighted by molar-refractivity contribution is 9.09. The molecule has 0 N–H and O–H groups in total. The van der Waals surface area contributed by atoms with Crippen LogP contribution in [0.15, 0.2) is 0 Å². The van der Waals surface area contributed by atoms with E-state index in [1.807, 2.05) is 11.8 Å². The van der Waals surface area contributed by atoms with Crippen LogP contribution in [-0.4, -0.2) is 40.2 Å². The summed E-state index contributed by atoms with van der Waals surface area (Å²) in [6, 6.07) is 0. The van der Waals surface area contributed by atoms with Crippen molar-refractivity contribution < 1.29 is 4.79 Å². The molecule has 2 rings (SSSR count). The Hall–Kier alpha value is 0.300. The van der Waals surface area contributed by atoms with E-state index in [9.17, 15) is 4.79 Å². The number of nitrogens with zero attached hydrogens (tertiary/aromatic N) is 1. The predicted octanol–water partition coefficient (Wildman–Crippen LogP) is 2.91. The van der Waals surface area contributed by atoms with Crippen LogP contribution in [0.25, 0.3) is 0 Å². The van der Waals surface area contributed by atoms with E-state index in [2.05, 4.69) is 20.8 Å². The van der Waals surface area contributed by atoms with Crippen LogP contribution in [-0.2, 0) is 4.79 Å². The summed E-state index contributed by atoms with van der Waals surface area (Å²) in [7, 11) is 0. The monoisotopic (exact) mass is 305 g/mol. The molecule has 0 saturated carbocycles. The van der Waals surface area contributed by atoms with Crippen molar-refractivity contribution in [3.05, 3.63) is 0 Å². The summed E-state index contributed by atoms with van der Waals surface area (Å²) in [6.45, 7) is 1.91. The molecule has 0 spiro atoms. The number of amides is 1. The molecule has 0 radical (unpaired) electrons. The van der Waals surface area contributed by atoms with Gasteiger partial charge in [-0.15, -0.1) is 0 Å². The summed E-state index contributed by atoms with van der Waals surface area (Å²) >= 11 is 5.65. The molecule has 2 fully saturated rings. The molecule has 2 heterocycles. The number of piperidine rings is 1. The predicted molar refractivity (Wildman–Crippen MR) is 73.2 cm³/mol. The molecule has 4 heteroatoms. The zero-order chi connectivity index (χ0) is 11.4. The van der Waals surface area contributed by atoms with Gasteiger partial charge in [-0.3, -0.25) is 4.79 Å². The fourth-order valence-corrected chi connectivity index (χ4v) is 4.04. The van der Waals surface area contributed by atoms with E-state index in [0.29, 0.717) is 16.7 Å². The highest BCUT2D eigenvalue weighted by atomic mass is 79.9. The molecule has 2 aliphatic heterocycles. The van der Waals surface area contributed by atoms with Gasteiger partial charge in [0.25, 0.3) is 0 Å². The van der Waals surface area contributed by atoms with Gasteiger partial charge in [-0.1, -0.05) is 15.9 Å². The van der Waals surface area contributed by atoms with Gasteiger partial charge in [-0.2, -0.15) is 11.8 Å². The lowest BCUT2D eigenvalue weighted by atomic mass is 9.97. The minimum atomic E-state index is 0.399. The Kier molecular flexibility index (Phi) is 5.01. The van der Waals surface area contributed by atoms with Crippen LogP contribution in [0.1, 0.15) is 32.1 Å². The fraction of sp³-hybridized carbons (Fsp3) is 0.917. The number of hydrogen-bond acceptors (Lipinski definition) is 2. The van der Waals surface area contributed by atoms with Crippen molar-refractivity contribution in [2.75, 3.05) is 24.6 Å². The second kappa shape index (κ2) is 6.29. The lowest BCUT2D eigenvalue weighted by molar-refractivity contribution is -0.133. The van der Waals surface area contributed by atoms with Gasteiger partial charge in [0.2, 0.25) is 5.91 Å². The first-order chi connectivity index (χ1) is 7.75. The number of carbonyl (C=O) groups is 1. The van der Waals surface area contributed by atoms with Crippen molar-refractivity contribution in [1.29, 1.82) is 0 Å². The van der Waals surface area contributed by atoms with E-state index in [1.165, 1.54) is 24.3 Å². The number of hydrogen-bond donors (Lipinski definition) is 0. The summed E-state index contributed by atoms with van der Waals surface area (Å²) in [5.41, 5.74) is 0. The van der Waals surface area contributed by atoms with E-state index in [0.717, 1.165) is 32.4 Å². The maximum Gasteiger partial charge on any atom is 0.222 e. The molecular formula is C12H20BrNOS. The first-order valence-corrected chi connectivity index (χ1v) is 8.32. The van der Waals surface area contributed by atoms with Crippen LogP contribution in [0, 0.1) is 5.92 Å². The third kappa shape index (κ3) is 3.66. The maximum atomic E-state index is 12.1. The maximum absolute atomic E-state index is 12.1. The topological polar surface area (TPSA) is 20.3 Å². The molecule has 1 amide bonds. The molecule has 92 valence electrons. The largest absolute Gasteiger partial charge is 0.343 e. The van der Waals surface area contributed by atoms with E-state index in [4.69, 9.17) is 0 Å². The van der Waals surface area contributed by atoms with Crippen LogP contribution in [0.2, 0.25) is 0 Å². The van der Waals surface area contributed by atoms with E-state index < -0.39 is 0 Å². The third-order valence-electron chi connectivity index (χ3n) is 3.58. The zero-order valence-electron chi connectivity index (χ0n) is 9.66. The van der Waals surface area contributed by atoms with Crippen molar-refractivity contribution >= 4 is 33.6 Å². The molecular weight excluding hydrogens is 286 g/mol. The molecule has 0 aromatic carbocycles. The summed E-state index contributed by atoms with van der Waals surface area (Å²) in [5, 5.41) is 0. The highest BCUT2D eigenvalue weighted by Crippen LogP contribution is 2.26. The smallest absolute Gasteiger partial charge is 0.222 e. The van der Waals surface area contributed by atoms with Crippen LogP contribution >= 0.6 is 27.7 Å². The normalized spacial score (nSPS) is 24.7. The van der Waals surface area contributed by atoms with Gasteiger partial charge in [0.1, 0.15) is 0 Å². The molecule has 0 aromatic rings. The van der Waals surface area contributed by atoms with Crippen LogP contribution in [0.3, 0.4) is 0 Å². The lowest BCUT2D eigenvalue weighted by Crippen LogP contribution is -2.39. The molecule has 16 heavy (non-hydrogen) atoms. The molecule has 2 saturated heterocycles. The SMILES string of the molecule is O=C(CC1CCSCC1)N1CCC(Br)CC1. The van der Waals surface area contributed by atoms with E-state index >= 15 is 0 Å². The Balaban J connectivity index is 1.74. The van der Waals surface area contributed by atoms with Gasteiger partial charge in [0.05, 0.1) is 0 Å². The van der Waals surface area contributed by atoms with Gasteiger partial charge in [-0.05, 0) is 43.1 Å². The number of alkyl halides is 1. The molecule has 0 bridgehead atoms. The van der Waals surface area contributed by atoms with Crippen molar-refractivity contribution in [3.63, 3.8) is 0 Å². The average Bonchev–Trinajstić information content (AvgIpc) is 2.31. The Labute approximate surface area is 111 Å². The Morgan fingerprint density at radius 1 is 1.19 bits per heavy atom. The second-order valence-electron chi connectivity index (χ2n) is 4.82. The number of likely N-dealkylation sites (tertiary alicyclic amines) is 1. The van der Waals surface area contributed by atoms with Crippen LogP contribution < -0.4 is 0 Å². The first kappa shape index (κ1) is 12.7. The Morgan fingerprint density at radius 2 is 1.81 bits per heavy atom. The number of carbonyl (C=O) groups excluding carboxylic acids is 1. The van der Waals surface area contributed by atoms with E-state index in [1.54, 1.807) is 0 Å². The second-order valence-corrected chi connectivity index (χ2v) is 7.33. The van der Waals surface area contributed by atoms with Crippen molar-refractivity contribution in [3.8, 4) is 0 Å². The molecule has 2 aliphatic rings. The van der Waals surface area contributed by atoms with Crippen molar-refractivity contribution in [2.45, 2.75) is 36.9 Å². The standard InChI is InChI=1S/C12H20BrNOS/c13-11-1-5-14(6-2-11)12(15)9-10-3-7-16-8-4-10/h10-11H,1-9H2. The van der Waals surface area contributed by atoms with E-state index in [-0.39, 0.29) is 0 Å². The van der Waals surface area contributed by atoms with Gasteiger partial charge in [-0.25, -0.2) is 0 Å². The van der Waals surface area contributed by atoms with Crippen molar-refractivity contribution in [1.82, 2.24) is 4.90 Å². The minimum Gasteiger partial charge on any atom is -0.343 e. The molecule has 0 atom stereocenters. The Morgan fingerprint density at radius 3 is 2.44 bits per heavy atom. The molecule has 0 aromatic heterocycles. The Bertz CT molecular complexity index is 235. The quantitative estimate of drug-likeness (QED) is 0.731. The first-order valence-electron chi connectivity index (χ1n) is 6.25. The van der Waals surface area contributed by atoms with Gasteiger partial charge in [0.15, 0.2) is 0 Å². The average molecular weight is 306 g/mol. The summed E-state index contributed by atoms with van der Waals surface area (Å²) in [6.07, 6.45) is 5.52. The third-order valence-corrected chi connectivity index (χ3v) is 5.55. The molecule has 0 aliphatic carbocycles.